The Balaban J connectivity index is 1.59. The predicted molar refractivity (Wildman–Crippen MR) is 138 cm³/mol. The van der Waals surface area contributed by atoms with Gasteiger partial charge in [0.15, 0.2) is 23.1 Å². The number of thiocarbonyl (C=S) groups is 1. The minimum atomic E-state index is -3.65. The zero-order valence-electron chi connectivity index (χ0n) is 19.5. The number of nitrogens with zero attached hydrogens (tertiary/aromatic N) is 2. The molecule has 12 heteroatoms. The smallest absolute Gasteiger partial charge is 0.387 e. The molecule has 8 nitrogen and oxygen atoms in total. The van der Waals surface area contributed by atoms with Crippen molar-refractivity contribution in [3.63, 3.8) is 0 Å². The maximum absolute atomic E-state index is 12.9. The number of alkyl halides is 2. The molecule has 0 radical (unpaired) electrons. The van der Waals surface area contributed by atoms with Gasteiger partial charge in [0.25, 0.3) is 5.70 Å². The van der Waals surface area contributed by atoms with Crippen molar-refractivity contribution < 1.29 is 36.3 Å². The van der Waals surface area contributed by atoms with E-state index in [2.05, 4.69) is 10.1 Å². The average molecular weight is 549 g/mol. The minimum Gasteiger partial charge on any atom is -0.502 e. The summed E-state index contributed by atoms with van der Waals surface area (Å²) < 4.78 is 63.3. The fourth-order valence-corrected chi connectivity index (χ4v) is 5.39. The van der Waals surface area contributed by atoms with E-state index in [-0.39, 0.29) is 27.1 Å². The quantitative estimate of drug-likeness (QED) is 0.191. The zero-order valence-corrected chi connectivity index (χ0v) is 21.1. The van der Waals surface area contributed by atoms with Crippen molar-refractivity contribution in [1.82, 2.24) is 4.31 Å². The molecule has 1 aliphatic heterocycles. The number of nitrogens with one attached hydrogen (secondary N) is 1. The van der Waals surface area contributed by atoms with Gasteiger partial charge in [0.2, 0.25) is 10.0 Å². The summed E-state index contributed by atoms with van der Waals surface area (Å²) in [5.74, 6) is -0.253. The number of aliphatic hydroxyl groups is 1. The summed E-state index contributed by atoms with van der Waals surface area (Å²) in [5.41, 5.74) is 1.06. The maximum atomic E-state index is 12.9. The third kappa shape index (κ3) is 6.46. The predicted octanol–water partition coefficient (Wildman–Crippen LogP) is 3.92. The van der Waals surface area contributed by atoms with E-state index in [1.54, 1.807) is 47.3 Å². The SMILES string of the molecule is O=S(=O)(c1ccc(NC(=S)/C(=C(\O)c2ccc(OC(F)F)cc2)[n+]2ccccc2)cc1)N1CCOCC1. The largest absolute Gasteiger partial charge is 0.502 e. The third-order valence-corrected chi connectivity index (χ3v) is 7.69. The molecule has 2 N–H and O–H groups in total. The molecule has 0 amide bonds. The molecule has 1 fully saturated rings. The number of rotatable bonds is 8. The molecule has 194 valence electrons. The normalized spacial score (nSPS) is 15.2. The molecular weight excluding hydrogens is 524 g/mol. The molecule has 1 aromatic heterocycles. The van der Waals surface area contributed by atoms with Crippen molar-refractivity contribution >= 4 is 44.4 Å². The first-order valence-corrected chi connectivity index (χ1v) is 13.0. The van der Waals surface area contributed by atoms with Crippen LogP contribution in [0.1, 0.15) is 5.56 Å². The standard InChI is InChI=1S/C25H23F2N3O5S2/c26-25(27)35-20-8-4-18(5-9-20)23(31)22(29-12-2-1-3-13-29)24(36)28-19-6-10-21(11-7-19)37(32,33)30-14-16-34-17-15-30/h1-13,25H,14-17H2,(H-,28,31,36)/p+1. The Kier molecular flexibility index (Phi) is 8.44. The fourth-order valence-electron chi connectivity index (χ4n) is 3.66. The van der Waals surface area contributed by atoms with Crippen LogP contribution < -0.4 is 14.6 Å². The minimum absolute atomic E-state index is 0.0479. The lowest BCUT2D eigenvalue weighted by Gasteiger charge is -2.26. The number of benzene rings is 2. The van der Waals surface area contributed by atoms with Crippen molar-refractivity contribution in [3.05, 3.63) is 84.7 Å². The molecule has 4 rings (SSSR count). The average Bonchev–Trinajstić information content (AvgIpc) is 2.90. The maximum Gasteiger partial charge on any atom is 0.387 e. The Hall–Kier alpha value is -3.45. The number of aromatic nitrogens is 1. The first kappa shape index (κ1) is 26.6. The molecule has 0 spiro atoms. The summed E-state index contributed by atoms with van der Waals surface area (Å²) in [4.78, 5) is 0.290. The second kappa shape index (κ2) is 11.7. The highest BCUT2D eigenvalue weighted by atomic mass is 32.2. The number of sulfonamides is 1. The van der Waals surface area contributed by atoms with E-state index < -0.39 is 16.6 Å². The molecule has 0 saturated carbocycles. The third-order valence-electron chi connectivity index (χ3n) is 5.49. The van der Waals surface area contributed by atoms with Crippen LogP contribution in [0.4, 0.5) is 14.5 Å². The molecule has 0 aliphatic carbocycles. The van der Waals surface area contributed by atoms with Crippen molar-refractivity contribution in [2.24, 2.45) is 0 Å². The van der Waals surface area contributed by atoms with Gasteiger partial charge in [-0.2, -0.15) is 17.7 Å². The highest BCUT2D eigenvalue weighted by Gasteiger charge is 2.27. The van der Waals surface area contributed by atoms with Gasteiger partial charge in [-0.3, -0.25) is 0 Å². The van der Waals surface area contributed by atoms with Crippen LogP contribution in [0.3, 0.4) is 0 Å². The Morgan fingerprint density at radius 1 is 1.03 bits per heavy atom. The summed E-state index contributed by atoms with van der Waals surface area (Å²) in [6, 6.07) is 16.9. The molecule has 2 heterocycles. The van der Waals surface area contributed by atoms with Crippen LogP contribution in [0, 0.1) is 0 Å². The Morgan fingerprint density at radius 2 is 1.65 bits per heavy atom. The molecular formula is C25H24F2N3O5S2+. The number of pyridine rings is 1. The Labute approximate surface area is 218 Å². The van der Waals surface area contributed by atoms with Crippen LogP contribution in [0.25, 0.3) is 11.5 Å². The van der Waals surface area contributed by atoms with Crippen molar-refractivity contribution in [2.75, 3.05) is 31.6 Å². The van der Waals surface area contributed by atoms with Gasteiger partial charge >= 0.3 is 6.61 Å². The van der Waals surface area contributed by atoms with Gasteiger partial charge in [-0.25, -0.2) is 8.42 Å². The topological polar surface area (TPSA) is 92.0 Å². The summed E-state index contributed by atoms with van der Waals surface area (Å²) in [7, 11) is -3.65. The second-order valence-corrected chi connectivity index (χ2v) is 10.2. The second-order valence-electron chi connectivity index (χ2n) is 7.88. The summed E-state index contributed by atoms with van der Waals surface area (Å²) in [5, 5.41) is 14.1. The molecule has 1 aliphatic rings. The van der Waals surface area contributed by atoms with Gasteiger partial charge in [0, 0.05) is 36.5 Å². The van der Waals surface area contributed by atoms with Crippen LogP contribution in [0.5, 0.6) is 5.75 Å². The van der Waals surface area contributed by atoms with Crippen LogP contribution in [0.2, 0.25) is 0 Å². The number of hydrogen-bond acceptors (Lipinski definition) is 6. The van der Waals surface area contributed by atoms with E-state index in [0.29, 0.717) is 37.6 Å². The lowest BCUT2D eigenvalue weighted by molar-refractivity contribution is -0.575. The molecule has 3 aromatic rings. The molecule has 0 atom stereocenters. The van der Waals surface area contributed by atoms with E-state index in [0.717, 1.165) is 0 Å². The summed E-state index contributed by atoms with van der Waals surface area (Å²) in [6.45, 7) is -1.67. The number of ether oxygens (including phenoxy) is 2. The highest BCUT2D eigenvalue weighted by Crippen LogP contribution is 2.24. The summed E-state index contributed by atoms with van der Waals surface area (Å²) in [6.07, 6.45) is 3.37. The molecule has 2 aromatic carbocycles. The van der Waals surface area contributed by atoms with E-state index in [1.807, 2.05) is 0 Å². The molecule has 0 bridgehead atoms. The van der Waals surface area contributed by atoms with Gasteiger partial charge in [0.05, 0.1) is 18.1 Å². The van der Waals surface area contributed by atoms with Gasteiger partial charge in [-0.15, -0.1) is 0 Å². The van der Waals surface area contributed by atoms with E-state index in [1.165, 1.54) is 40.7 Å². The Bertz CT molecular complexity index is 1360. The first-order chi connectivity index (χ1) is 17.8. The van der Waals surface area contributed by atoms with Gasteiger partial charge in [0.1, 0.15) is 5.75 Å². The van der Waals surface area contributed by atoms with Gasteiger partial charge in [-0.05, 0) is 48.5 Å². The lowest BCUT2D eigenvalue weighted by atomic mass is 10.1. The van der Waals surface area contributed by atoms with Crippen LogP contribution in [-0.4, -0.2) is 55.7 Å². The van der Waals surface area contributed by atoms with E-state index >= 15 is 0 Å². The van der Waals surface area contributed by atoms with E-state index in [4.69, 9.17) is 17.0 Å². The monoisotopic (exact) mass is 548 g/mol. The number of morpholine rings is 1. The van der Waals surface area contributed by atoms with Crippen LogP contribution >= 0.6 is 12.2 Å². The Morgan fingerprint density at radius 3 is 2.24 bits per heavy atom. The number of hydrogen-bond donors (Lipinski definition) is 2. The van der Waals surface area contributed by atoms with Gasteiger partial charge in [-0.1, -0.05) is 18.3 Å². The molecule has 0 unspecified atom stereocenters. The van der Waals surface area contributed by atoms with Crippen LogP contribution in [-0.2, 0) is 14.8 Å². The van der Waals surface area contributed by atoms with Crippen LogP contribution in [0.15, 0.2) is 84.0 Å². The lowest BCUT2D eigenvalue weighted by Crippen LogP contribution is -2.40. The zero-order chi connectivity index (χ0) is 26.4. The molecule has 37 heavy (non-hydrogen) atoms. The van der Waals surface area contributed by atoms with Crippen molar-refractivity contribution in [2.45, 2.75) is 11.5 Å². The highest BCUT2D eigenvalue weighted by molar-refractivity contribution is 7.89. The number of aliphatic hydroxyl groups excluding tert-OH is 1. The first-order valence-electron chi connectivity index (χ1n) is 11.2. The van der Waals surface area contributed by atoms with Gasteiger partial charge < -0.3 is 19.9 Å². The fraction of sp³-hybridized carbons (Fsp3) is 0.200. The van der Waals surface area contributed by atoms with Crippen molar-refractivity contribution in [3.8, 4) is 5.75 Å². The summed E-state index contributed by atoms with van der Waals surface area (Å²) >= 11 is 5.59. The van der Waals surface area contributed by atoms with E-state index in [9.17, 15) is 22.3 Å². The molecule has 1 saturated heterocycles. The van der Waals surface area contributed by atoms with Crippen molar-refractivity contribution in [1.29, 1.82) is 0 Å². The number of anilines is 1. The number of halogens is 2.